The molecule has 0 bridgehead atoms. The summed E-state index contributed by atoms with van der Waals surface area (Å²) in [7, 11) is 0. The summed E-state index contributed by atoms with van der Waals surface area (Å²) < 4.78 is 2.28. The Labute approximate surface area is 193 Å². The van der Waals surface area contributed by atoms with Crippen molar-refractivity contribution < 1.29 is 0 Å². The van der Waals surface area contributed by atoms with E-state index in [1.807, 2.05) is 30.6 Å². The number of benzene rings is 1. The van der Waals surface area contributed by atoms with E-state index in [9.17, 15) is 0 Å². The standard InChI is InChI=1S/C26H25N5S/c1-18-13-19(2)15-21(14-18)31-25(24(29-26(31)32)22-8-3-4-11-28-22)23-9-6-12-30(23)17-20-7-5-10-27-16-20/h3-16,24-25H,17H2,1-2H3,(H,29,32). The quantitative estimate of drug-likeness (QED) is 0.437. The van der Waals surface area contributed by atoms with Crippen molar-refractivity contribution in [2.24, 2.45) is 0 Å². The average Bonchev–Trinajstić information content (AvgIpc) is 3.38. The molecule has 5 nitrogen and oxygen atoms in total. The number of nitrogens with one attached hydrogen (secondary N) is 1. The first-order valence-electron chi connectivity index (χ1n) is 10.7. The molecule has 0 saturated carbocycles. The van der Waals surface area contributed by atoms with Gasteiger partial charge in [-0.15, -0.1) is 0 Å². The number of aromatic nitrogens is 3. The Morgan fingerprint density at radius 3 is 2.53 bits per heavy atom. The first-order valence-corrected chi connectivity index (χ1v) is 11.1. The Kier molecular flexibility index (Phi) is 5.45. The summed E-state index contributed by atoms with van der Waals surface area (Å²) in [5.41, 5.74) is 6.84. The highest BCUT2D eigenvalue weighted by Gasteiger charge is 2.42. The minimum absolute atomic E-state index is 0.0368. The van der Waals surface area contributed by atoms with Crippen LogP contribution >= 0.6 is 12.2 Å². The zero-order valence-electron chi connectivity index (χ0n) is 18.1. The number of thiocarbonyl (C=S) groups is 1. The lowest BCUT2D eigenvalue weighted by molar-refractivity contribution is 0.533. The van der Waals surface area contributed by atoms with E-state index in [1.54, 1.807) is 6.20 Å². The van der Waals surface area contributed by atoms with Crippen molar-refractivity contribution in [3.05, 3.63) is 114 Å². The van der Waals surface area contributed by atoms with Gasteiger partial charge in [-0.25, -0.2) is 0 Å². The van der Waals surface area contributed by atoms with E-state index in [0.29, 0.717) is 5.11 Å². The molecule has 0 aliphatic carbocycles. The molecular weight excluding hydrogens is 414 g/mol. The van der Waals surface area contributed by atoms with E-state index in [2.05, 4.69) is 87.3 Å². The average molecular weight is 440 g/mol. The summed E-state index contributed by atoms with van der Waals surface area (Å²) in [5.74, 6) is 0. The maximum absolute atomic E-state index is 5.88. The molecule has 0 radical (unpaired) electrons. The number of anilines is 1. The van der Waals surface area contributed by atoms with E-state index in [-0.39, 0.29) is 12.1 Å². The third-order valence-electron chi connectivity index (χ3n) is 5.83. The summed E-state index contributed by atoms with van der Waals surface area (Å²) >= 11 is 5.88. The van der Waals surface area contributed by atoms with Crippen molar-refractivity contribution in [3.8, 4) is 0 Å². The minimum atomic E-state index is -0.0629. The van der Waals surface area contributed by atoms with Gasteiger partial charge in [0.2, 0.25) is 0 Å². The number of aryl methyl sites for hydroxylation is 2. The van der Waals surface area contributed by atoms with Crippen LogP contribution in [0.4, 0.5) is 5.69 Å². The lowest BCUT2D eigenvalue weighted by Crippen LogP contribution is -2.30. The maximum Gasteiger partial charge on any atom is 0.174 e. The maximum atomic E-state index is 5.88. The molecule has 6 heteroatoms. The molecule has 1 saturated heterocycles. The fraction of sp³-hybridized carbons (Fsp3) is 0.192. The Hall–Kier alpha value is -3.51. The molecular formula is C26H25N5S. The fourth-order valence-corrected chi connectivity index (χ4v) is 4.90. The molecule has 2 atom stereocenters. The van der Waals surface area contributed by atoms with Gasteiger partial charge in [0.05, 0.1) is 11.7 Å². The highest BCUT2D eigenvalue weighted by Crippen LogP contribution is 2.42. The fourth-order valence-electron chi connectivity index (χ4n) is 4.55. The highest BCUT2D eigenvalue weighted by molar-refractivity contribution is 7.80. The molecule has 2 unspecified atom stereocenters. The lowest BCUT2D eigenvalue weighted by Gasteiger charge is -2.29. The molecule has 1 aliphatic heterocycles. The lowest BCUT2D eigenvalue weighted by atomic mass is 10.00. The van der Waals surface area contributed by atoms with Gasteiger partial charge in [-0.05, 0) is 85.2 Å². The van der Waals surface area contributed by atoms with Crippen LogP contribution in [-0.4, -0.2) is 19.6 Å². The van der Waals surface area contributed by atoms with Gasteiger partial charge in [-0.3, -0.25) is 9.97 Å². The first kappa shape index (κ1) is 20.4. The number of hydrogen-bond acceptors (Lipinski definition) is 3. The van der Waals surface area contributed by atoms with Gasteiger partial charge in [0.25, 0.3) is 0 Å². The summed E-state index contributed by atoms with van der Waals surface area (Å²) in [6.45, 7) is 4.99. The van der Waals surface area contributed by atoms with Crippen LogP contribution in [0.3, 0.4) is 0 Å². The van der Waals surface area contributed by atoms with Crippen molar-refractivity contribution in [3.63, 3.8) is 0 Å². The van der Waals surface area contributed by atoms with Gasteiger partial charge in [-0.2, -0.15) is 0 Å². The Morgan fingerprint density at radius 1 is 0.969 bits per heavy atom. The second-order valence-corrected chi connectivity index (χ2v) is 8.65. The van der Waals surface area contributed by atoms with Gasteiger partial charge in [0.15, 0.2) is 5.11 Å². The second kappa shape index (κ2) is 8.55. The molecule has 4 aromatic rings. The summed E-state index contributed by atoms with van der Waals surface area (Å²) in [5, 5.41) is 4.27. The van der Waals surface area contributed by atoms with Crippen LogP contribution in [0, 0.1) is 13.8 Å². The molecule has 0 spiro atoms. The van der Waals surface area contributed by atoms with Crippen LogP contribution in [-0.2, 0) is 6.54 Å². The van der Waals surface area contributed by atoms with E-state index >= 15 is 0 Å². The zero-order chi connectivity index (χ0) is 22.1. The third-order valence-corrected chi connectivity index (χ3v) is 6.14. The molecule has 160 valence electrons. The van der Waals surface area contributed by atoms with Crippen molar-refractivity contribution >= 4 is 23.0 Å². The van der Waals surface area contributed by atoms with Gasteiger partial charge >= 0.3 is 0 Å². The van der Waals surface area contributed by atoms with Crippen LogP contribution in [0.5, 0.6) is 0 Å². The van der Waals surface area contributed by atoms with Gasteiger partial charge in [0, 0.05) is 42.7 Å². The van der Waals surface area contributed by atoms with Crippen LogP contribution in [0.2, 0.25) is 0 Å². The van der Waals surface area contributed by atoms with Crippen LogP contribution in [0.1, 0.15) is 40.2 Å². The third kappa shape index (κ3) is 3.89. The highest BCUT2D eigenvalue weighted by atomic mass is 32.1. The number of rotatable bonds is 5. The molecule has 1 aliphatic rings. The molecule has 1 N–H and O–H groups in total. The molecule has 4 heterocycles. The molecule has 32 heavy (non-hydrogen) atoms. The molecule has 5 rings (SSSR count). The summed E-state index contributed by atoms with van der Waals surface area (Å²) in [6, 6.07) is 20.9. The molecule has 0 amide bonds. The topological polar surface area (TPSA) is 46.0 Å². The van der Waals surface area contributed by atoms with Crippen LogP contribution in [0.15, 0.2) is 85.5 Å². The smallest absolute Gasteiger partial charge is 0.174 e. The van der Waals surface area contributed by atoms with E-state index in [1.165, 1.54) is 16.8 Å². The van der Waals surface area contributed by atoms with Crippen molar-refractivity contribution in [2.45, 2.75) is 32.5 Å². The van der Waals surface area contributed by atoms with Gasteiger partial charge in [0.1, 0.15) is 6.04 Å². The Bertz CT molecular complexity index is 1220. The van der Waals surface area contributed by atoms with E-state index in [4.69, 9.17) is 12.2 Å². The SMILES string of the molecule is Cc1cc(C)cc(N2C(=S)NC(c3ccccn3)C2c2cccn2Cc2cccnc2)c1. The Morgan fingerprint density at radius 2 is 1.81 bits per heavy atom. The van der Waals surface area contributed by atoms with E-state index < -0.39 is 0 Å². The van der Waals surface area contributed by atoms with Crippen molar-refractivity contribution in [1.82, 2.24) is 19.9 Å². The molecule has 1 aromatic carbocycles. The number of hydrogen-bond donors (Lipinski definition) is 1. The first-order chi connectivity index (χ1) is 15.6. The predicted molar refractivity (Wildman–Crippen MR) is 132 cm³/mol. The van der Waals surface area contributed by atoms with Gasteiger partial charge in [-0.1, -0.05) is 18.2 Å². The zero-order valence-corrected chi connectivity index (χ0v) is 19.0. The predicted octanol–water partition coefficient (Wildman–Crippen LogP) is 5.12. The van der Waals surface area contributed by atoms with Crippen LogP contribution in [0.25, 0.3) is 0 Å². The number of pyridine rings is 2. The van der Waals surface area contributed by atoms with E-state index in [0.717, 1.165) is 23.5 Å². The summed E-state index contributed by atoms with van der Waals surface area (Å²) in [6.07, 6.45) is 7.68. The summed E-state index contributed by atoms with van der Waals surface area (Å²) in [4.78, 5) is 11.2. The normalized spacial score (nSPS) is 18.1. The van der Waals surface area contributed by atoms with Crippen LogP contribution < -0.4 is 10.2 Å². The second-order valence-electron chi connectivity index (χ2n) is 8.26. The Balaban J connectivity index is 1.62. The molecule has 3 aromatic heterocycles. The molecule has 1 fully saturated rings. The van der Waals surface area contributed by atoms with Crippen molar-refractivity contribution in [1.29, 1.82) is 0 Å². The monoisotopic (exact) mass is 439 g/mol. The largest absolute Gasteiger partial charge is 0.351 e. The minimum Gasteiger partial charge on any atom is -0.351 e. The van der Waals surface area contributed by atoms with Crippen molar-refractivity contribution in [2.75, 3.05) is 4.90 Å². The number of nitrogens with zero attached hydrogens (tertiary/aromatic N) is 4. The van der Waals surface area contributed by atoms with Gasteiger partial charge < -0.3 is 14.8 Å².